The predicted octanol–water partition coefficient (Wildman–Crippen LogP) is 8.84. The van der Waals surface area contributed by atoms with Crippen LogP contribution in [0.25, 0.3) is 49.3 Å². The van der Waals surface area contributed by atoms with Gasteiger partial charge in [-0.2, -0.15) is 4.99 Å². The van der Waals surface area contributed by atoms with Crippen LogP contribution in [0.5, 0.6) is 0 Å². The van der Waals surface area contributed by atoms with Crippen LogP contribution in [0.2, 0.25) is 0 Å². The van der Waals surface area contributed by atoms with Gasteiger partial charge in [-0.05, 0) is 42.0 Å². The lowest BCUT2D eigenvalue weighted by Gasteiger charge is -2.24. The van der Waals surface area contributed by atoms with Crippen LogP contribution in [0.15, 0.2) is 162 Å². The molecule has 8 aromatic rings. The van der Waals surface area contributed by atoms with Crippen molar-refractivity contribution in [2.45, 2.75) is 6.17 Å². The van der Waals surface area contributed by atoms with Crippen molar-refractivity contribution in [1.82, 2.24) is 14.5 Å². The maximum Gasteiger partial charge on any atom is 0.234 e. The molecule has 1 aliphatic heterocycles. The zero-order valence-corrected chi connectivity index (χ0v) is 23.8. The van der Waals surface area contributed by atoms with Crippen molar-refractivity contribution in [2.24, 2.45) is 9.98 Å². The lowest BCUT2D eigenvalue weighted by molar-refractivity contribution is 0.668. The number of nitrogens with one attached hydrogen (secondary N) is 1. The van der Waals surface area contributed by atoms with Gasteiger partial charge in [0, 0.05) is 32.8 Å². The number of amidine groups is 1. The van der Waals surface area contributed by atoms with Gasteiger partial charge in [-0.25, -0.2) is 4.99 Å². The van der Waals surface area contributed by atoms with Crippen LogP contribution in [0.4, 0.5) is 0 Å². The minimum Gasteiger partial charge on any atom is -0.344 e. The predicted molar refractivity (Wildman–Crippen MR) is 182 cm³/mol. The largest absolute Gasteiger partial charge is 0.344 e. The summed E-state index contributed by atoms with van der Waals surface area (Å²) in [5, 5.41) is 8.41. The molecule has 0 spiro atoms. The summed E-state index contributed by atoms with van der Waals surface area (Å²) in [6.45, 7) is 0. The quantitative estimate of drug-likeness (QED) is 0.229. The molecule has 0 radical (unpaired) electrons. The fraction of sp³-hybridized carbons (Fsp3) is 0.0256. The average Bonchev–Trinajstić information content (AvgIpc) is 3.60. The third kappa shape index (κ3) is 3.80. The number of hydrogen-bond donors (Lipinski definition) is 1. The van der Waals surface area contributed by atoms with E-state index in [1.165, 1.54) is 27.1 Å². The summed E-state index contributed by atoms with van der Waals surface area (Å²) in [6.07, 6.45) is -0.283. The molecule has 0 saturated heterocycles. The number of hydrogen-bond acceptors (Lipinski definition) is 3. The summed E-state index contributed by atoms with van der Waals surface area (Å²) in [7, 11) is 0. The first kappa shape index (κ1) is 24.6. The molecule has 0 bridgehead atoms. The number of aromatic nitrogens is 2. The van der Waals surface area contributed by atoms with Gasteiger partial charge in [0.15, 0.2) is 0 Å². The third-order valence-corrected chi connectivity index (χ3v) is 8.57. The molecular weight excluding hydrogens is 538 g/mol. The number of benzene rings is 6. The van der Waals surface area contributed by atoms with E-state index in [-0.39, 0.29) is 6.17 Å². The van der Waals surface area contributed by atoms with Crippen molar-refractivity contribution in [3.63, 3.8) is 0 Å². The van der Waals surface area contributed by atoms with E-state index < -0.39 is 0 Å². The molecule has 1 atom stereocenters. The van der Waals surface area contributed by atoms with Crippen molar-refractivity contribution in [3.8, 4) is 5.69 Å². The molecule has 9 rings (SSSR count). The summed E-state index contributed by atoms with van der Waals surface area (Å²) in [5.74, 6) is 1.46. The van der Waals surface area contributed by atoms with E-state index in [4.69, 9.17) is 9.98 Å². The molecule has 1 unspecified atom stereocenters. The Balaban J connectivity index is 1.37. The van der Waals surface area contributed by atoms with Gasteiger partial charge in [0.1, 0.15) is 12.0 Å². The summed E-state index contributed by atoms with van der Waals surface area (Å²) in [4.78, 5) is 10.4. The second-order valence-electron chi connectivity index (χ2n) is 11.1. The maximum atomic E-state index is 5.25. The normalized spacial score (nSPS) is 15.0. The first-order valence-corrected chi connectivity index (χ1v) is 14.9. The van der Waals surface area contributed by atoms with Gasteiger partial charge in [0.2, 0.25) is 5.96 Å². The van der Waals surface area contributed by atoms with E-state index in [9.17, 15) is 0 Å². The molecule has 5 heteroatoms. The Morgan fingerprint density at radius 1 is 0.477 bits per heavy atom. The van der Waals surface area contributed by atoms with Crippen LogP contribution in [0.3, 0.4) is 0 Å². The van der Waals surface area contributed by atoms with Crippen LogP contribution >= 0.6 is 0 Å². The Morgan fingerprint density at radius 2 is 1.02 bits per heavy atom. The van der Waals surface area contributed by atoms with E-state index in [0.29, 0.717) is 5.96 Å². The molecule has 44 heavy (non-hydrogen) atoms. The minimum absolute atomic E-state index is 0.283. The summed E-state index contributed by atoms with van der Waals surface area (Å²) in [5.41, 5.74) is 7.72. The first-order chi connectivity index (χ1) is 21.8. The standard InChI is InChI=1S/C39H27N5/c1-4-14-26(15-5-1)37-40-38(27-16-6-2-7-17-27)42-39(41-37)44-34-23-13-11-21-30(34)32-24-31-29-20-10-12-22-33(29)43(35(31)25-36(32)44)28-18-8-3-9-19-28/h1-25,37H,(H,40,41,42). The molecule has 208 valence electrons. The smallest absolute Gasteiger partial charge is 0.234 e. The maximum absolute atomic E-state index is 5.25. The van der Waals surface area contributed by atoms with Crippen molar-refractivity contribution in [1.29, 1.82) is 0 Å². The van der Waals surface area contributed by atoms with E-state index in [1.807, 2.05) is 24.3 Å². The highest BCUT2D eigenvalue weighted by Gasteiger charge is 2.24. The lowest BCUT2D eigenvalue weighted by atomic mass is 10.1. The van der Waals surface area contributed by atoms with E-state index in [2.05, 4.69) is 142 Å². The molecular formula is C39H27N5. The van der Waals surface area contributed by atoms with Gasteiger partial charge in [0.05, 0.1) is 22.1 Å². The zero-order valence-electron chi connectivity index (χ0n) is 23.8. The second kappa shape index (κ2) is 9.82. The monoisotopic (exact) mass is 565 g/mol. The minimum atomic E-state index is -0.283. The summed E-state index contributed by atoms with van der Waals surface area (Å²) >= 11 is 0. The van der Waals surface area contributed by atoms with Gasteiger partial charge in [-0.1, -0.05) is 115 Å². The van der Waals surface area contributed by atoms with E-state index in [1.54, 1.807) is 0 Å². The topological polar surface area (TPSA) is 46.6 Å². The highest BCUT2D eigenvalue weighted by Crippen LogP contribution is 2.38. The average molecular weight is 566 g/mol. The number of nitrogens with zero attached hydrogens (tertiary/aromatic N) is 4. The third-order valence-electron chi connectivity index (χ3n) is 8.57. The molecule has 1 N–H and O–H groups in total. The van der Waals surface area contributed by atoms with Crippen molar-refractivity contribution in [3.05, 3.63) is 163 Å². The highest BCUT2D eigenvalue weighted by atomic mass is 15.3. The van der Waals surface area contributed by atoms with Gasteiger partial charge in [0.25, 0.3) is 0 Å². The number of para-hydroxylation sites is 3. The van der Waals surface area contributed by atoms with Gasteiger partial charge < -0.3 is 9.88 Å². The molecule has 3 heterocycles. The van der Waals surface area contributed by atoms with Crippen LogP contribution in [0.1, 0.15) is 17.3 Å². The van der Waals surface area contributed by atoms with Crippen LogP contribution in [-0.2, 0) is 0 Å². The van der Waals surface area contributed by atoms with Gasteiger partial charge in [-0.15, -0.1) is 0 Å². The highest BCUT2D eigenvalue weighted by molar-refractivity contribution is 6.22. The van der Waals surface area contributed by atoms with E-state index >= 15 is 0 Å². The fourth-order valence-corrected chi connectivity index (χ4v) is 6.58. The molecule has 0 saturated carbocycles. The van der Waals surface area contributed by atoms with E-state index in [0.717, 1.165) is 39.2 Å². The van der Waals surface area contributed by atoms with Gasteiger partial charge in [-0.3, -0.25) is 4.57 Å². The summed E-state index contributed by atoms with van der Waals surface area (Å²) < 4.78 is 4.60. The molecule has 0 fully saturated rings. The second-order valence-corrected chi connectivity index (χ2v) is 11.1. The molecule has 5 nitrogen and oxygen atoms in total. The molecule has 0 amide bonds. The molecule has 0 aliphatic carbocycles. The number of rotatable bonds is 3. The zero-order chi connectivity index (χ0) is 29.0. The SMILES string of the molecule is c1ccc(C2=NC(n3c4ccccc4c4cc5c6ccccc6n(-c6ccccc6)c5cc43)=NC(c3ccccc3)N2)cc1. The molecule has 1 aliphatic rings. The van der Waals surface area contributed by atoms with Crippen LogP contribution in [-0.4, -0.2) is 20.9 Å². The Bertz CT molecular complexity index is 2400. The van der Waals surface area contributed by atoms with Crippen molar-refractivity contribution >= 4 is 55.4 Å². The Morgan fingerprint density at radius 3 is 1.70 bits per heavy atom. The Labute approximate surface area is 254 Å². The number of aliphatic imine (C=N–C) groups is 2. The fourth-order valence-electron chi connectivity index (χ4n) is 6.58. The van der Waals surface area contributed by atoms with Gasteiger partial charge >= 0.3 is 0 Å². The Kier molecular flexibility index (Phi) is 5.50. The van der Waals surface area contributed by atoms with Crippen LogP contribution < -0.4 is 5.32 Å². The lowest BCUT2D eigenvalue weighted by Crippen LogP contribution is -2.35. The van der Waals surface area contributed by atoms with Crippen LogP contribution in [0, 0.1) is 0 Å². The molecule has 2 aromatic heterocycles. The Hall–Kier alpha value is -5.94. The number of fused-ring (bicyclic) bond motifs is 6. The molecule has 6 aromatic carbocycles. The van der Waals surface area contributed by atoms with Crippen molar-refractivity contribution in [2.75, 3.05) is 0 Å². The first-order valence-electron chi connectivity index (χ1n) is 14.9. The summed E-state index contributed by atoms with van der Waals surface area (Å²) in [6, 6.07) is 53.2. The van der Waals surface area contributed by atoms with Crippen molar-refractivity contribution < 1.29 is 0 Å².